The van der Waals surface area contributed by atoms with E-state index >= 15 is 0 Å². The minimum absolute atomic E-state index is 0.130. The highest BCUT2D eigenvalue weighted by molar-refractivity contribution is 5.84. The summed E-state index contributed by atoms with van der Waals surface area (Å²) in [7, 11) is 0. The maximum Gasteiger partial charge on any atom is 0.463 e. The molecule has 116 valence electrons. The standard InChI is InChI=1S/C11H14F5NO3/c12-10(13,11(14,15)16)9(20)17-6-2-1-3-7(17)4-5-8(18)19/h7H,1-6H2,(H,18,19). The second kappa shape index (κ2) is 5.92. The Morgan fingerprint density at radius 3 is 2.25 bits per heavy atom. The van der Waals surface area contributed by atoms with Crippen molar-refractivity contribution in [2.75, 3.05) is 6.54 Å². The summed E-state index contributed by atoms with van der Waals surface area (Å²) < 4.78 is 62.7. The van der Waals surface area contributed by atoms with Gasteiger partial charge in [0.25, 0.3) is 0 Å². The Morgan fingerprint density at radius 1 is 1.15 bits per heavy atom. The zero-order valence-electron chi connectivity index (χ0n) is 10.4. The highest BCUT2D eigenvalue weighted by atomic mass is 19.4. The topological polar surface area (TPSA) is 57.6 Å². The summed E-state index contributed by atoms with van der Waals surface area (Å²) in [6, 6.07) is -0.888. The molecule has 0 bridgehead atoms. The lowest BCUT2D eigenvalue weighted by Gasteiger charge is -2.37. The molecule has 1 atom stereocenters. The van der Waals surface area contributed by atoms with E-state index in [4.69, 9.17) is 5.11 Å². The Kier molecular flexibility index (Phi) is 4.93. The molecule has 0 aromatic heterocycles. The molecule has 1 saturated heterocycles. The van der Waals surface area contributed by atoms with Crippen LogP contribution in [0.5, 0.6) is 0 Å². The SMILES string of the molecule is O=C(O)CCC1CCCCN1C(=O)C(F)(F)C(F)(F)F. The number of carboxylic acid groups (broad SMARTS) is 1. The number of hydrogen-bond donors (Lipinski definition) is 1. The van der Waals surface area contributed by atoms with Gasteiger partial charge in [-0.25, -0.2) is 0 Å². The first-order valence-corrected chi connectivity index (χ1v) is 6.04. The quantitative estimate of drug-likeness (QED) is 0.812. The van der Waals surface area contributed by atoms with Crippen molar-refractivity contribution < 1.29 is 36.6 Å². The number of hydrogen-bond acceptors (Lipinski definition) is 2. The maximum atomic E-state index is 13.0. The van der Waals surface area contributed by atoms with Gasteiger partial charge in [-0.3, -0.25) is 9.59 Å². The van der Waals surface area contributed by atoms with E-state index in [1.807, 2.05) is 0 Å². The van der Waals surface area contributed by atoms with Crippen LogP contribution in [0.4, 0.5) is 22.0 Å². The Balaban J connectivity index is 2.84. The van der Waals surface area contributed by atoms with Gasteiger partial charge in [-0.1, -0.05) is 0 Å². The van der Waals surface area contributed by atoms with Gasteiger partial charge in [0.15, 0.2) is 0 Å². The van der Waals surface area contributed by atoms with Crippen LogP contribution in [0, 0.1) is 0 Å². The summed E-state index contributed by atoms with van der Waals surface area (Å²) in [5.41, 5.74) is 0. The first-order valence-electron chi connectivity index (χ1n) is 6.04. The Labute approximate surface area is 111 Å². The summed E-state index contributed by atoms with van der Waals surface area (Å²) >= 11 is 0. The lowest BCUT2D eigenvalue weighted by molar-refractivity contribution is -0.275. The summed E-state index contributed by atoms with van der Waals surface area (Å²) in [4.78, 5) is 22.3. The number of piperidine rings is 1. The lowest BCUT2D eigenvalue weighted by atomic mass is 9.97. The number of alkyl halides is 5. The van der Waals surface area contributed by atoms with Crippen molar-refractivity contribution in [1.82, 2.24) is 4.90 Å². The van der Waals surface area contributed by atoms with E-state index in [0.717, 1.165) is 0 Å². The minimum atomic E-state index is -5.95. The van der Waals surface area contributed by atoms with Crippen molar-refractivity contribution in [3.63, 3.8) is 0 Å². The lowest BCUT2D eigenvalue weighted by Crippen LogP contribution is -2.56. The molecule has 1 aliphatic rings. The monoisotopic (exact) mass is 303 g/mol. The minimum Gasteiger partial charge on any atom is -0.481 e. The van der Waals surface area contributed by atoms with E-state index in [1.54, 1.807) is 0 Å². The Bertz CT molecular complexity index is 383. The molecule has 0 aromatic rings. The number of carboxylic acids is 1. The largest absolute Gasteiger partial charge is 0.481 e. The molecule has 1 amide bonds. The van der Waals surface area contributed by atoms with Crippen molar-refractivity contribution in [2.24, 2.45) is 0 Å². The van der Waals surface area contributed by atoms with Crippen LogP contribution in [0.15, 0.2) is 0 Å². The van der Waals surface area contributed by atoms with Gasteiger partial charge in [0.2, 0.25) is 0 Å². The van der Waals surface area contributed by atoms with Crippen LogP contribution >= 0.6 is 0 Å². The van der Waals surface area contributed by atoms with Crippen molar-refractivity contribution in [2.45, 2.75) is 50.2 Å². The summed E-state index contributed by atoms with van der Waals surface area (Å²) in [6.07, 6.45) is -5.35. The number of likely N-dealkylation sites (tertiary alicyclic amines) is 1. The molecule has 0 aromatic carbocycles. The molecule has 20 heavy (non-hydrogen) atoms. The van der Waals surface area contributed by atoms with Crippen LogP contribution < -0.4 is 0 Å². The molecule has 0 spiro atoms. The van der Waals surface area contributed by atoms with Crippen molar-refractivity contribution in [1.29, 1.82) is 0 Å². The number of nitrogens with zero attached hydrogens (tertiary/aromatic N) is 1. The van der Waals surface area contributed by atoms with Crippen LogP contribution in [0.25, 0.3) is 0 Å². The molecule has 9 heteroatoms. The third kappa shape index (κ3) is 3.57. The number of rotatable bonds is 4. The normalized spacial score (nSPS) is 20.9. The van der Waals surface area contributed by atoms with E-state index < -0.39 is 30.0 Å². The smallest absolute Gasteiger partial charge is 0.463 e. The van der Waals surface area contributed by atoms with Gasteiger partial charge in [-0.05, 0) is 25.7 Å². The number of aliphatic carboxylic acids is 1. The third-order valence-electron chi connectivity index (χ3n) is 3.20. The molecule has 1 heterocycles. The van der Waals surface area contributed by atoms with Crippen molar-refractivity contribution in [3.05, 3.63) is 0 Å². The van der Waals surface area contributed by atoms with E-state index in [-0.39, 0.29) is 25.8 Å². The average Bonchev–Trinajstić information content (AvgIpc) is 2.34. The van der Waals surface area contributed by atoms with Crippen LogP contribution in [0.3, 0.4) is 0 Å². The first kappa shape index (κ1) is 16.6. The Hall–Kier alpha value is -1.41. The molecule has 1 rings (SSSR count). The summed E-state index contributed by atoms with van der Waals surface area (Å²) in [5, 5.41) is 8.53. The fraction of sp³-hybridized carbons (Fsp3) is 0.818. The molecule has 4 nitrogen and oxygen atoms in total. The van der Waals surface area contributed by atoms with E-state index in [9.17, 15) is 31.5 Å². The van der Waals surface area contributed by atoms with Gasteiger partial charge in [0, 0.05) is 19.0 Å². The summed E-state index contributed by atoms with van der Waals surface area (Å²) in [6.45, 7) is -0.214. The van der Waals surface area contributed by atoms with Crippen molar-refractivity contribution in [3.8, 4) is 0 Å². The second-order valence-electron chi connectivity index (χ2n) is 4.65. The van der Waals surface area contributed by atoms with E-state index in [1.165, 1.54) is 0 Å². The Morgan fingerprint density at radius 2 is 1.75 bits per heavy atom. The van der Waals surface area contributed by atoms with Gasteiger partial charge in [0.1, 0.15) is 0 Å². The number of carbonyl (C=O) groups is 2. The zero-order valence-corrected chi connectivity index (χ0v) is 10.4. The summed E-state index contributed by atoms with van der Waals surface area (Å²) in [5.74, 6) is -8.92. The highest BCUT2D eigenvalue weighted by Crippen LogP contribution is 2.38. The molecule has 1 N–H and O–H groups in total. The maximum absolute atomic E-state index is 13.0. The third-order valence-corrected chi connectivity index (χ3v) is 3.20. The van der Waals surface area contributed by atoms with Crippen LogP contribution in [-0.2, 0) is 9.59 Å². The van der Waals surface area contributed by atoms with Gasteiger partial charge in [-0.2, -0.15) is 22.0 Å². The fourth-order valence-electron chi connectivity index (χ4n) is 2.16. The van der Waals surface area contributed by atoms with Gasteiger partial charge >= 0.3 is 24.0 Å². The van der Waals surface area contributed by atoms with Crippen LogP contribution in [0.1, 0.15) is 32.1 Å². The molecule has 1 fully saturated rings. The molecule has 0 saturated carbocycles. The number of halogens is 5. The highest BCUT2D eigenvalue weighted by Gasteiger charge is 2.65. The first-order chi connectivity index (χ1) is 9.07. The molecule has 0 radical (unpaired) electrons. The second-order valence-corrected chi connectivity index (χ2v) is 4.65. The predicted molar refractivity (Wildman–Crippen MR) is 57.2 cm³/mol. The van der Waals surface area contributed by atoms with E-state index in [2.05, 4.69) is 0 Å². The number of carbonyl (C=O) groups excluding carboxylic acids is 1. The fourth-order valence-corrected chi connectivity index (χ4v) is 2.16. The molecule has 1 aliphatic heterocycles. The average molecular weight is 303 g/mol. The van der Waals surface area contributed by atoms with E-state index in [0.29, 0.717) is 17.7 Å². The molecule has 0 aliphatic carbocycles. The van der Waals surface area contributed by atoms with Crippen LogP contribution in [-0.4, -0.2) is 46.6 Å². The zero-order chi connectivity index (χ0) is 15.6. The molecular formula is C11H14F5NO3. The van der Waals surface area contributed by atoms with Gasteiger partial charge < -0.3 is 10.0 Å². The van der Waals surface area contributed by atoms with Crippen molar-refractivity contribution >= 4 is 11.9 Å². The number of amides is 1. The van der Waals surface area contributed by atoms with Gasteiger partial charge in [-0.15, -0.1) is 0 Å². The molecular weight excluding hydrogens is 289 g/mol. The predicted octanol–water partition coefficient (Wildman–Crippen LogP) is 2.43. The van der Waals surface area contributed by atoms with Gasteiger partial charge in [0.05, 0.1) is 0 Å². The molecule has 1 unspecified atom stereocenters. The van der Waals surface area contributed by atoms with Crippen LogP contribution in [0.2, 0.25) is 0 Å².